The van der Waals surface area contributed by atoms with Gasteiger partial charge in [-0.15, -0.1) is 0 Å². The molecule has 1 amide bonds. The molecule has 0 saturated heterocycles. The lowest BCUT2D eigenvalue weighted by Crippen LogP contribution is -2.47. The van der Waals surface area contributed by atoms with E-state index in [1.165, 1.54) is 167 Å². The summed E-state index contributed by atoms with van der Waals surface area (Å²) in [7, 11) is 1.49. The van der Waals surface area contributed by atoms with Crippen LogP contribution in [0.1, 0.15) is 278 Å². The first-order chi connectivity index (χ1) is 35.4. The second-order valence-corrected chi connectivity index (χ2v) is 23.4. The van der Waals surface area contributed by atoms with Crippen LogP contribution in [0.2, 0.25) is 0 Å². The molecule has 0 aromatic rings. The van der Waals surface area contributed by atoms with Gasteiger partial charge < -0.3 is 19.4 Å². The zero-order chi connectivity index (χ0) is 53.6. The molecule has 0 saturated carbocycles. The van der Waals surface area contributed by atoms with Gasteiger partial charge in [0.25, 0.3) is 0 Å². The summed E-state index contributed by atoms with van der Waals surface area (Å²) in [5.41, 5.74) is 0. The van der Waals surface area contributed by atoms with Crippen LogP contribution in [0, 0.1) is 0 Å². The van der Waals surface area contributed by atoms with Crippen molar-refractivity contribution in [2.75, 3.05) is 40.9 Å². The number of carbonyl (C=O) groups is 2. The number of likely N-dealkylation sites (N-methyl/N-ethyl adjacent to an activating group) is 1. The Balaban J connectivity index is 5.19. The predicted molar refractivity (Wildman–Crippen MR) is 314 cm³/mol. The van der Waals surface area contributed by atoms with Crippen molar-refractivity contribution in [2.24, 2.45) is 0 Å². The number of rotatable bonds is 55. The quantitative estimate of drug-likeness (QED) is 0.0156. The van der Waals surface area contributed by atoms with E-state index >= 15 is 0 Å². The monoisotopic (exact) mass is 1050 g/mol. The smallest absolute Gasteiger partial charge is 0.456 e. The summed E-state index contributed by atoms with van der Waals surface area (Å²) in [5, 5.41) is 3.05. The van der Waals surface area contributed by atoms with Crippen molar-refractivity contribution in [1.82, 2.24) is 5.32 Å². The van der Waals surface area contributed by atoms with Gasteiger partial charge in [0.05, 0.1) is 33.8 Å². The third-order valence-electron chi connectivity index (χ3n) is 13.5. The summed E-state index contributed by atoms with van der Waals surface area (Å²) in [6.07, 6.45) is 66.5. The lowest BCUT2D eigenvalue weighted by molar-refractivity contribution is -0.870. The Hall–Kier alpha value is -2.29. The van der Waals surface area contributed by atoms with Gasteiger partial charge >= 0.3 is 13.8 Å². The van der Waals surface area contributed by atoms with Crippen molar-refractivity contribution in [2.45, 2.75) is 290 Å². The van der Waals surface area contributed by atoms with Crippen molar-refractivity contribution >= 4 is 19.7 Å². The largest absolute Gasteiger partial charge is 0.472 e. The minimum atomic E-state index is -4.45. The zero-order valence-corrected chi connectivity index (χ0v) is 49.5. The first kappa shape index (κ1) is 70.7. The van der Waals surface area contributed by atoms with Gasteiger partial charge in [-0.2, -0.15) is 0 Å². The maximum Gasteiger partial charge on any atom is 0.472 e. The number of ether oxygens (including phenoxy) is 1. The Morgan fingerprint density at radius 2 is 0.890 bits per heavy atom. The molecule has 3 atom stereocenters. The molecule has 426 valence electrons. The van der Waals surface area contributed by atoms with E-state index in [1.807, 2.05) is 33.3 Å². The normalized spacial score (nSPS) is 14.1. The summed E-state index contributed by atoms with van der Waals surface area (Å²) in [6, 6.07) is -0.854. The summed E-state index contributed by atoms with van der Waals surface area (Å²) < 4.78 is 30.6. The third-order valence-corrected chi connectivity index (χ3v) is 14.5. The summed E-state index contributed by atoms with van der Waals surface area (Å²) in [4.78, 5) is 37.6. The molecule has 0 bridgehead atoms. The molecular formula is C63H118N2O7P+. The Kier molecular flexibility index (Phi) is 51.5. The van der Waals surface area contributed by atoms with Crippen LogP contribution in [0.5, 0.6) is 0 Å². The average Bonchev–Trinajstić information content (AvgIpc) is 3.35. The molecule has 0 rings (SSSR count). The third kappa shape index (κ3) is 54.3. The van der Waals surface area contributed by atoms with Gasteiger partial charge in [-0.1, -0.05) is 249 Å². The summed E-state index contributed by atoms with van der Waals surface area (Å²) in [5.74, 6) is -0.516. The highest BCUT2D eigenvalue weighted by Gasteiger charge is 2.30. The van der Waals surface area contributed by atoms with Crippen LogP contribution in [-0.4, -0.2) is 74.3 Å². The molecule has 2 N–H and O–H groups in total. The predicted octanol–water partition coefficient (Wildman–Crippen LogP) is 18.7. The summed E-state index contributed by atoms with van der Waals surface area (Å²) in [6.45, 7) is 6.88. The molecule has 0 aliphatic heterocycles. The highest BCUT2D eigenvalue weighted by molar-refractivity contribution is 7.47. The van der Waals surface area contributed by atoms with Gasteiger partial charge in [-0.05, 0) is 76.7 Å². The molecule has 0 aliphatic carbocycles. The average molecular weight is 1050 g/mol. The van der Waals surface area contributed by atoms with Gasteiger partial charge in [0.15, 0.2) is 0 Å². The molecule has 73 heavy (non-hydrogen) atoms. The Morgan fingerprint density at radius 1 is 0.493 bits per heavy atom. The van der Waals surface area contributed by atoms with E-state index < -0.39 is 20.0 Å². The number of nitrogens with zero attached hydrogens (tertiary/aromatic N) is 1. The molecule has 0 radical (unpaired) electrons. The van der Waals surface area contributed by atoms with E-state index in [0.29, 0.717) is 17.4 Å². The Morgan fingerprint density at radius 3 is 1.34 bits per heavy atom. The molecule has 0 aromatic heterocycles. The maximum absolute atomic E-state index is 13.5. The number of allylic oxidation sites excluding steroid dienone is 9. The number of unbranched alkanes of at least 4 members (excludes halogenated alkanes) is 33. The SMILES string of the molecule is CC/C=C/C=C/C=C/CCCCCCCCCC(=O)NC(COP(=O)(O)OCC[N+](C)(C)C)C(/C=C\CCCCCCCCCCC)OC(=O)CCCCCCCCCCCCC/C=C/CCCCCCCC. The molecule has 9 nitrogen and oxygen atoms in total. The fourth-order valence-electron chi connectivity index (χ4n) is 8.76. The van der Waals surface area contributed by atoms with E-state index in [9.17, 15) is 19.0 Å². The number of hydrogen-bond donors (Lipinski definition) is 2. The first-order valence-corrected chi connectivity index (χ1v) is 32.1. The minimum absolute atomic E-state index is 0.0366. The van der Waals surface area contributed by atoms with Crippen LogP contribution < -0.4 is 5.32 Å². The number of esters is 1. The molecule has 0 aromatic carbocycles. The van der Waals surface area contributed by atoms with Gasteiger partial charge in [0, 0.05) is 12.8 Å². The van der Waals surface area contributed by atoms with Crippen LogP contribution in [0.25, 0.3) is 0 Å². The minimum Gasteiger partial charge on any atom is -0.456 e. The summed E-state index contributed by atoms with van der Waals surface area (Å²) >= 11 is 0. The molecule has 0 fully saturated rings. The number of amides is 1. The molecule has 0 heterocycles. The standard InChI is InChI=1S/C63H117N2O7P/c1-7-10-13-16-19-22-25-27-29-30-31-32-33-34-36-38-41-44-47-50-53-56-63(67)72-61(54-51-48-45-42-39-24-21-18-15-12-9-3)60(59-71-73(68,69)70-58-57-65(4,5)6)64-62(66)55-52-49-46-43-40-37-35-28-26-23-20-17-14-11-8-2/h11,14,17,20,23,26-27,29,51,54,60-61H,7-10,12-13,15-16,18-19,21-22,24-25,28,30-50,52-53,55-59H2,1-6H3,(H-,64,66,68,69)/p+1/b14-11+,20-17+,26-23+,29-27+,54-51-. The van der Waals surface area contributed by atoms with E-state index in [-0.39, 0.29) is 31.5 Å². The van der Waals surface area contributed by atoms with Crippen LogP contribution in [0.3, 0.4) is 0 Å². The van der Waals surface area contributed by atoms with Crippen LogP contribution in [-0.2, 0) is 27.9 Å². The van der Waals surface area contributed by atoms with Crippen molar-refractivity contribution < 1.29 is 37.3 Å². The van der Waals surface area contributed by atoms with E-state index in [2.05, 4.69) is 74.7 Å². The molecular weight excluding hydrogens is 928 g/mol. The maximum atomic E-state index is 13.5. The van der Waals surface area contributed by atoms with E-state index in [0.717, 1.165) is 77.0 Å². The number of quaternary nitrogens is 1. The first-order valence-electron chi connectivity index (χ1n) is 30.6. The second-order valence-electron chi connectivity index (χ2n) is 21.9. The van der Waals surface area contributed by atoms with Crippen LogP contribution in [0.4, 0.5) is 0 Å². The highest BCUT2D eigenvalue weighted by Crippen LogP contribution is 2.43. The van der Waals surface area contributed by atoms with Crippen molar-refractivity contribution in [1.29, 1.82) is 0 Å². The number of carbonyl (C=O) groups excluding carboxylic acids is 2. The molecule has 3 unspecified atom stereocenters. The van der Waals surface area contributed by atoms with Gasteiger partial charge in [0.2, 0.25) is 5.91 Å². The fraction of sp³-hybridized carbons (Fsp3) is 0.810. The van der Waals surface area contributed by atoms with Gasteiger partial charge in [-0.25, -0.2) is 4.57 Å². The van der Waals surface area contributed by atoms with Crippen molar-refractivity contribution in [3.05, 3.63) is 60.8 Å². The number of nitrogens with one attached hydrogen (secondary N) is 1. The lowest BCUT2D eigenvalue weighted by Gasteiger charge is -2.27. The number of phosphoric ester groups is 1. The highest BCUT2D eigenvalue weighted by atomic mass is 31.2. The van der Waals surface area contributed by atoms with Crippen LogP contribution in [0.15, 0.2) is 60.8 Å². The Labute approximate surface area is 451 Å². The number of hydrogen-bond acceptors (Lipinski definition) is 6. The van der Waals surface area contributed by atoms with E-state index in [4.69, 9.17) is 13.8 Å². The fourth-order valence-corrected chi connectivity index (χ4v) is 9.49. The zero-order valence-electron chi connectivity index (χ0n) is 48.6. The van der Waals surface area contributed by atoms with Crippen molar-refractivity contribution in [3.8, 4) is 0 Å². The topological polar surface area (TPSA) is 111 Å². The van der Waals surface area contributed by atoms with Crippen molar-refractivity contribution in [3.63, 3.8) is 0 Å². The number of phosphoric acid groups is 1. The van der Waals surface area contributed by atoms with Crippen LogP contribution >= 0.6 is 7.82 Å². The second kappa shape index (κ2) is 53.1. The molecule has 0 aliphatic rings. The Bertz CT molecular complexity index is 1440. The van der Waals surface area contributed by atoms with Gasteiger partial charge in [-0.3, -0.25) is 18.6 Å². The van der Waals surface area contributed by atoms with E-state index in [1.54, 1.807) is 0 Å². The molecule has 10 heteroatoms. The molecule has 0 spiro atoms. The van der Waals surface area contributed by atoms with Gasteiger partial charge in [0.1, 0.15) is 19.3 Å². The lowest BCUT2D eigenvalue weighted by atomic mass is 10.0.